The van der Waals surface area contributed by atoms with Gasteiger partial charge in [-0.3, -0.25) is 4.79 Å². The summed E-state index contributed by atoms with van der Waals surface area (Å²) >= 11 is 2.82. The van der Waals surface area contributed by atoms with Crippen molar-refractivity contribution in [3.05, 3.63) is 40.4 Å². The van der Waals surface area contributed by atoms with Crippen LogP contribution in [0.25, 0.3) is 0 Å². The van der Waals surface area contributed by atoms with E-state index in [1.54, 1.807) is 0 Å². The van der Waals surface area contributed by atoms with Crippen LogP contribution in [-0.4, -0.2) is 35.8 Å². The number of hydrogen-bond acceptors (Lipinski definition) is 4. The maximum absolute atomic E-state index is 14.9. The first-order valence-electron chi connectivity index (χ1n) is 8.55. The predicted octanol–water partition coefficient (Wildman–Crippen LogP) is 4.22. The summed E-state index contributed by atoms with van der Waals surface area (Å²) in [6.45, 7) is 0. The van der Waals surface area contributed by atoms with E-state index in [1.807, 2.05) is 0 Å². The van der Waals surface area contributed by atoms with E-state index >= 15 is 0 Å². The molecule has 1 amide bonds. The van der Waals surface area contributed by atoms with Crippen molar-refractivity contribution >= 4 is 37.4 Å². The summed E-state index contributed by atoms with van der Waals surface area (Å²) in [4.78, 5) is 15.0. The molecule has 6 nitrogen and oxygen atoms in total. The second-order valence-electron chi connectivity index (χ2n) is 7.08. The quantitative estimate of drug-likeness (QED) is 0.477. The molecule has 1 saturated carbocycles. The van der Waals surface area contributed by atoms with Crippen LogP contribution in [0.2, 0.25) is 0 Å². The first-order chi connectivity index (χ1) is 13.8. The molecule has 0 aromatic carbocycles. The van der Waals surface area contributed by atoms with Gasteiger partial charge >= 0.3 is 6.18 Å². The van der Waals surface area contributed by atoms with Gasteiger partial charge in [0.15, 0.2) is 21.5 Å². The maximum Gasteiger partial charge on any atom is 0.395 e. The van der Waals surface area contributed by atoms with Crippen molar-refractivity contribution in [1.82, 2.24) is 9.55 Å². The van der Waals surface area contributed by atoms with Crippen LogP contribution in [0.1, 0.15) is 29.8 Å². The number of hydrogen-bond donors (Lipinski definition) is 1. The van der Waals surface area contributed by atoms with Gasteiger partial charge in [-0.15, -0.1) is 0 Å². The van der Waals surface area contributed by atoms with Crippen LogP contribution in [0, 0.1) is 17.0 Å². The van der Waals surface area contributed by atoms with Gasteiger partial charge in [0.2, 0.25) is 0 Å². The molecule has 3 rings (SSSR count). The molecule has 0 bridgehead atoms. The Morgan fingerprint density at radius 2 is 1.93 bits per heavy atom. The lowest BCUT2D eigenvalue weighted by molar-refractivity contribution is -0.241. The van der Waals surface area contributed by atoms with Gasteiger partial charge < -0.3 is 9.88 Å². The number of alkyl halides is 3. The molecular weight excluding hydrogens is 501 g/mol. The summed E-state index contributed by atoms with van der Waals surface area (Å²) in [5.41, 5.74) is -3.55. The highest BCUT2D eigenvalue weighted by atomic mass is 79.9. The average molecular weight is 516 g/mol. The van der Waals surface area contributed by atoms with Crippen LogP contribution < -0.4 is 5.32 Å². The van der Waals surface area contributed by atoms with E-state index < -0.39 is 55.3 Å². The molecule has 0 spiro atoms. The Hall–Kier alpha value is -2.02. The number of aromatic nitrogens is 2. The fourth-order valence-electron chi connectivity index (χ4n) is 3.30. The second-order valence-corrected chi connectivity index (χ2v) is 9.78. The Balaban J connectivity index is 1.93. The van der Waals surface area contributed by atoms with E-state index in [9.17, 15) is 35.2 Å². The zero-order valence-corrected chi connectivity index (χ0v) is 17.8. The smallest absolute Gasteiger partial charge is 0.343 e. The molecule has 0 saturated heterocycles. The highest BCUT2D eigenvalue weighted by Crippen LogP contribution is 2.54. The number of carbonyl (C=O) groups is 1. The molecule has 0 atom stereocenters. The van der Waals surface area contributed by atoms with Gasteiger partial charge in [-0.1, -0.05) is 6.42 Å². The van der Waals surface area contributed by atoms with Gasteiger partial charge in [0.25, 0.3) is 5.91 Å². The van der Waals surface area contributed by atoms with Crippen LogP contribution in [0.15, 0.2) is 28.0 Å². The number of nitrogens with one attached hydrogen (secondary N) is 1. The Labute approximate surface area is 176 Å². The van der Waals surface area contributed by atoms with E-state index in [0.29, 0.717) is 0 Å². The number of nitrogens with zero attached hydrogens (tertiary/aromatic N) is 2. The molecule has 2 heterocycles. The molecule has 1 aliphatic carbocycles. The van der Waals surface area contributed by atoms with Crippen molar-refractivity contribution < 1.29 is 35.2 Å². The van der Waals surface area contributed by atoms with Crippen LogP contribution in [-0.2, 0) is 16.9 Å². The number of aryl methyl sites for hydroxylation is 1. The zero-order valence-electron chi connectivity index (χ0n) is 15.4. The van der Waals surface area contributed by atoms with Crippen molar-refractivity contribution in [2.75, 3.05) is 11.1 Å². The molecular formula is C17H15BrF5N3O3S. The van der Waals surface area contributed by atoms with Gasteiger partial charge in [-0.05, 0) is 34.8 Å². The minimum Gasteiger partial charge on any atom is -0.343 e. The molecule has 1 aliphatic rings. The average Bonchev–Trinajstić information content (AvgIpc) is 2.89. The number of sulfone groups is 1. The third-order valence-electron chi connectivity index (χ3n) is 5.11. The number of carbonyl (C=O) groups excluding carboxylic acids is 1. The highest BCUT2D eigenvalue weighted by molar-refractivity contribution is 9.10. The van der Waals surface area contributed by atoms with Gasteiger partial charge in [-0.25, -0.2) is 22.2 Å². The fourth-order valence-corrected chi connectivity index (χ4v) is 5.65. The second kappa shape index (κ2) is 7.59. The zero-order chi connectivity index (χ0) is 22.5. The molecule has 164 valence electrons. The minimum atomic E-state index is -4.75. The fraction of sp³-hybridized carbons (Fsp3) is 0.412. The van der Waals surface area contributed by atoms with Crippen LogP contribution in [0.5, 0.6) is 0 Å². The predicted molar refractivity (Wildman–Crippen MR) is 99.6 cm³/mol. The van der Waals surface area contributed by atoms with Crippen molar-refractivity contribution in [2.24, 2.45) is 12.5 Å². The SMILES string of the molecule is Cn1cc(S(=O)(=O)CC2(C(F)(F)F)CCC2)c(F)c1C(=O)Nc1ccnc(Br)c1F. The Bertz CT molecular complexity index is 1110. The molecule has 30 heavy (non-hydrogen) atoms. The summed E-state index contributed by atoms with van der Waals surface area (Å²) in [7, 11) is -3.55. The van der Waals surface area contributed by atoms with Crippen molar-refractivity contribution in [3.63, 3.8) is 0 Å². The van der Waals surface area contributed by atoms with Crippen LogP contribution in [0.3, 0.4) is 0 Å². The lowest BCUT2D eigenvalue weighted by atomic mass is 9.70. The molecule has 2 aromatic rings. The Kier molecular flexibility index (Phi) is 5.73. The first kappa shape index (κ1) is 22.7. The van der Waals surface area contributed by atoms with Gasteiger partial charge in [0, 0.05) is 19.4 Å². The lowest BCUT2D eigenvalue weighted by Gasteiger charge is -2.42. The van der Waals surface area contributed by atoms with Gasteiger partial charge in [0.1, 0.15) is 15.2 Å². The molecule has 0 aliphatic heterocycles. The molecule has 0 radical (unpaired) electrons. The Morgan fingerprint density at radius 3 is 2.47 bits per heavy atom. The van der Waals surface area contributed by atoms with E-state index in [1.165, 1.54) is 0 Å². The van der Waals surface area contributed by atoms with Crippen molar-refractivity contribution in [1.29, 1.82) is 0 Å². The highest BCUT2D eigenvalue weighted by Gasteiger charge is 2.60. The number of halogens is 6. The third kappa shape index (κ3) is 3.84. The van der Waals surface area contributed by atoms with E-state index in [0.717, 1.165) is 30.1 Å². The largest absolute Gasteiger partial charge is 0.395 e. The molecule has 0 unspecified atom stereocenters. The molecule has 2 aromatic heterocycles. The summed E-state index contributed by atoms with van der Waals surface area (Å²) in [6, 6.07) is 1.10. The molecule has 13 heteroatoms. The van der Waals surface area contributed by atoms with Crippen LogP contribution in [0.4, 0.5) is 27.6 Å². The maximum atomic E-state index is 14.9. The number of pyridine rings is 1. The van der Waals surface area contributed by atoms with Gasteiger partial charge in [-0.2, -0.15) is 13.2 Å². The normalized spacial score (nSPS) is 16.2. The van der Waals surface area contributed by atoms with E-state index in [4.69, 9.17) is 0 Å². The standard InChI is InChI=1S/C17H15BrF5N3O3S/c1-26-7-10(30(28,29)8-16(4-2-5-16)17(21,22)23)12(20)13(26)15(27)25-9-3-6-24-14(18)11(9)19/h3,6-7H,2,4-5,8H2,1H3,(H,24,25,27). The van der Waals surface area contributed by atoms with E-state index in [-0.39, 0.29) is 29.6 Å². The first-order valence-corrected chi connectivity index (χ1v) is 11.0. The summed E-state index contributed by atoms with van der Waals surface area (Å²) in [5.74, 6) is -4.93. The number of rotatable bonds is 5. The topological polar surface area (TPSA) is 81.1 Å². The lowest BCUT2D eigenvalue weighted by Crippen LogP contribution is -2.48. The van der Waals surface area contributed by atoms with Crippen molar-refractivity contribution in [3.8, 4) is 0 Å². The minimum absolute atomic E-state index is 0.214. The van der Waals surface area contributed by atoms with E-state index in [2.05, 4.69) is 26.2 Å². The molecule has 1 fully saturated rings. The van der Waals surface area contributed by atoms with Crippen LogP contribution >= 0.6 is 15.9 Å². The molecule has 1 N–H and O–H groups in total. The monoisotopic (exact) mass is 515 g/mol. The number of anilines is 1. The number of amides is 1. The summed E-state index contributed by atoms with van der Waals surface area (Å²) < 4.78 is 94.7. The summed E-state index contributed by atoms with van der Waals surface area (Å²) in [5, 5.41) is 2.09. The Morgan fingerprint density at radius 1 is 1.30 bits per heavy atom. The van der Waals surface area contributed by atoms with Gasteiger partial charge in [0.05, 0.1) is 16.9 Å². The van der Waals surface area contributed by atoms with Crippen molar-refractivity contribution in [2.45, 2.75) is 30.3 Å². The third-order valence-corrected chi connectivity index (χ3v) is 7.55. The summed E-state index contributed by atoms with van der Waals surface area (Å²) in [6.07, 6.45) is -3.37.